The van der Waals surface area contributed by atoms with E-state index in [-0.39, 0.29) is 49.4 Å². The summed E-state index contributed by atoms with van der Waals surface area (Å²) in [5, 5.41) is 0. The molecule has 7 heteroatoms. The van der Waals surface area contributed by atoms with Gasteiger partial charge in [0.1, 0.15) is 0 Å². The maximum Gasteiger partial charge on any atom is 0.236 e. The molecule has 0 saturated carbocycles. The highest BCUT2D eigenvalue weighted by atomic mass is 35.5. The van der Waals surface area contributed by atoms with Crippen molar-refractivity contribution in [2.45, 2.75) is 12.1 Å². The first-order valence-corrected chi connectivity index (χ1v) is 6.94. The Labute approximate surface area is 144 Å². The topological polar surface area (TPSA) is 58.8 Å². The lowest BCUT2D eigenvalue weighted by Crippen LogP contribution is -2.52. The molecule has 1 saturated heterocycles. The fourth-order valence-electron chi connectivity index (χ4n) is 2.69. The van der Waals surface area contributed by atoms with Crippen LogP contribution in [-0.4, -0.2) is 62.1 Å². The van der Waals surface area contributed by atoms with Crippen LogP contribution in [0.2, 0.25) is 0 Å². The SMILES string of the molecule is CN(C)C[C@@H]1OCCN(C(=O)CN)[C@H]1c1ccccc1.Cl.Cl. The smallest absolute Gasteiger partial charge is 0.236 e. The second-order valence-corrected chi connectivity index (χ2v) is 5.32. The van der Waals surface area contributed by atoms with Crippen molar-refractivity contribution in [2.75, 3.05) is 40.3 Å². The molecule has 0 unspecified atom stereocenters. The largest absolute Gasteiger partial charge is 0.373 e. The number of nitrogens with two attached hydrogens (primary N) is 1. The van der Waals surface area contributed by atoms with Gasteiger partial charge in [-0.15, -0.1) is 24.8 Å². The number of morpholine rings is 1. The van der Waals surface area contributed by atoms with Crippen LogP contribution in [0.3, 0.4) is 0 Å². The van der Waals surface area contributed by atoms with Gasteiger partial charge in [0.25, 0.3) is 0 Å². The molecule has 22 heavy (non-hydrogen) atoms. The monoisotopic (exact) mass is 349 g/mol. The van der Waals surface area contributed by atoms with Gasteiger partial charge >= 0.3 is 0 Å². The van der Waals surface area contributed by atoms with Crippen molar-refractivity contribution in [3.8, 4) is 0 Å². The molecular weight excluding hydrogens is 325 g/mol. The van der Waals surface area contributed by atoms with E-state index in [1.807, 2.05) is 49.3 Å². The zero-order chi connectivity index (χ0) is 14.5. The molecule has 2 atom stereocenters. The molecule has 1 aromatic rings. The van der Waals surface area contributed by atoms with Gasteiger partial charge < -0.3 is 20.3 Å². The fraction of sp³-hybridized carbons (Fsp3) is 0.533. The first-order valence-electron chi connectivity index (χ1n) is 6.94. The minimum Gasteiger partial charge on any atom is -0.373 e. The Morgan fingerprint density at radius 3 is 2.50 bits per heavy atom. The molecule has 2 rings (SSSR count). The fourth-order valence-corrected chi connectivity index (χ4v) is 2.69. The summed E-state index contributed by atoms with van der Waals surface area (Å²) < 4.78 is 5.90. The first kappa shape index (κ1) is 21.1. The number of amides is 1. The Morgan fingerprint density at radius 1 is 1.32 bits per heavy atom. The van der Waals surface area contributed by atoms with E-state index in [1.165, 1.54) is 0 Å². The second kappa shape index (κ2) is 10.0. The predicted molar refractivity (Wildman–Crippen MR) is 92.7 cm³/mol. The number of benzene rings is 1. The third-order valence-corrected chi connectivity index (χ3v) is 3.53. The molecule has 0 aliphatic carbocycles. The summed E-state index contributed by atoms with van der Waals surface area (Å²) in [6.45, 7) is 1.97. The molecular formula is C15H25Cl2N3O2. The van der Waals surface area contributed by atoms with Gasteiger partial charge in [0.2, 0.25) is 5.91 Å². The van der Waals surface area contributed by atoms with Crippen LogP contribution < -0.4 is 5.73 Å². The maximum absolute atomic E-state index is 12.1. The number of rotatable bonds is 4. The van der Waals surface area contributed by atoms with Crippen molar-refractivity contribution in [3.05, 3.63) is 35.9 Å². The van der Waals surface area contributed by atoms with E-state index in [0.717, 1.165) is 12.1 Å². The zero-order valence-electron chi connectivity index (χ0n) is 13.0. The van der Waals surface area contributed by atoms with Gasteiger partial charge in [-0.1, -0.05) is 30.3 Å². The first-order chi connectivity index (χ1) is 9.63. The molecule has 1 heterocycles. The summed E-state index contributed by atoms with van der Waals surface area (Å²) in [6, 6.07) is 9.97. The van der Waals surface area contributed by atoms with Crippen molar-refractivity contribution in [3.63, 3.8) is 0 Å². The standard InChI is InChI=1S/C15H23N3O2.2ClH/c1-17(2)11-13-15(12-6-4-3-5-7-12)18(8-9-20-13)14(19)10-16;;/h3-7,13,15H,8-11,16H2,1-2H3;2*1H/t13-,15-;;/m0../s1. The van der Waals surface area contributed by atoms with Crippen molar-refractivity contribution < 1.29 is 9.53 Å². The number of hydrogen-bond acceptors (Lipinski definition) is 4. The highest BCUT2D eigenvalue weighted by Gasteiger charge is 2.35. The van der Waals surface area contributed by atoms with Crippen molar-refractivity contribution in [1.29, 1.82) is 0 Å². The Kier molecular flexibility index (Phi) is 9.64. The summed E-state index contributed by atoms with van der Waals surface area (Å²) in [5.41, 5.74) is 6.65. The van der Waals surface area contributed by atoms with Crippen LogP contribution in [0.1, 0.15) is 11.6 Å². The van der Waals surface area contributed by atoms with Crippen molar-refractivity contribution in [2.24, 2.45) is 5.73 Å². The van der Waals surface area contributed by atoms with Crippen LogP contribution in [0.25, 0.3) is 0 Å². The molecule has 2 N–H and O–H groups in total. The van der Waals surface area contributed by atoms with Gasteiger partial charge in [0.15, 0.2) is 0 Å². The summed E-state index contributed by atoms with van der Waals surface area (Å²) >= 11 is 0. The molecule has 126 valence electrons. The minimum absolute atomic E-state index is 0. The van der Waals surface area contributed by atoms with E-state index >= 15 is 0 Å². The number of carbonyl (C=O) groups is 1. The molecule has 1 aromatic carbocycles. The molecule has 0 radical (unpaired) electrons. The Hall–Kier alpha value is -0.850. The molecule has 1 aliphatic rings. The Balaban J connectivity index is 0.00000220. The molecule has 1 amide bonds. The number of halogens is 2. The van der Waals surface area contributed by atoms with Gasteiger partial charge in [-0.2, -0.15) is 0 Å². The van der Waals surface area contributed by atoms with Crippen molar-refractivity contribution >= 4 is 30.7 Å². The van der Waals surface area contributed by atoms with Crippen LogP contribution in [-0.2, 0) is 9.53 Å². The number of hydrogen-bond donors (Lipinski definition) is 1. The normalized spacial score (nSPS) is 21.0. The van der Waals surface area contributed by atoms with Gasteiger partial charge in [-0.05, 0) is 19.7 Å². The second-order valence-electron chi connectivity index (χ2n) is 5.32. The maximum atomic E-state index is 12.1. The average molecular weight is 350 g/mol. The van der Waals surface area contributed by atoms with Gasteiger partial charge in [0, 0.05) is 13.1 Å². The average Bonchev–Trinajstić information content (AvgIpc) is 2.46. The van der Waals surface area contributed by atoms with E-state index in [9.17, 15) is 4.79 Å². The molecule has 1 fully saturated rings. The number of carbonyl (C=O) groups excluding carboxylic acids is 1. The minimum atomic E-state index is -0.0663. The highest BCUT2D eigenvalue weighted by Crippen LogP contribution is 2.29. The predicted octanol–water partition coefficient (Wildman–Crippen LogP) is 1.32. The Morgan fingerprint density at radius 2 is 1.95 bits per heavy atom. The van der Waals surface area contributed by atoms with Gasteiger partial charge in [0.05, 0.1) is 25.3 Å². The highest BCUT2D eigenvalue weighted by molar-refractivity contribution is 5.85. The summed E-state index contributed by atoms with van der Waals surface area (Å²) in [5.74, 6) is -0.0223. The lowest BCUT2D eigenvalue weighted by molar-refractivity contribution is -0.146. The lowest BCUT2D eigenvalue weighted by atomic mass is 9.97. The van der Waals surface area contributed by atoms with Crippen LogP contribution in [0.5, 0.6) is 0 Å². The van der Waals surface area contributed by atoms with E-state index in [2.05, 4.69) is 4.90 Å². The quantitative estimate of drug-likeness (QED) is 0.890. The molecule has 5 nitrogen and oxygen atoms in total. The summed E-state index contributed by atoms with van der Waals surface area (Å²) in [6.07, 6.45) is -0.0309. The summed E-state index contributed by atoms with van der Waals surface area (Å²) in [4.78, 5) is 16.0. The molecule has 1 aliphatic heterocycles. The van der Waals surface area contributed by atoms with E-state index in [0.29, 0.717) is 13.2 Å². The number of ether oxygens (including phenoxy) is 1. The number of nitrogens with zero attached hydrogens (tertiary/aromatic N) is 2. The lowest BCUT2D eigenvalue weighted by Gasteiger charge is -2.42. The van der Waals surface area contributed by atoms with Crippen LogP contribution in [0.15, 0.2) is 30.3 Å². The van der Waals surface area contributed by atoms with Gasteiger partial charge in [-0.25, -0.2) is 0 Å². The molecule has 0 spiro atoms. The van der Waals surface area contributed by atoms with Crippen LogP contribution in [0, 0.1) is 0 Å². The third kappa shape index (κ3) is 5.11. The molecule has 0 bridgehead atoms. The third-order valence-electron chi connectivity index (χ3n) is 3.53. The Bertz CT molecular complexity index is 446. The number of likely N-dealkylation sites (N-methyl/N-ethyl adjacent to an activating group) is 1. The van der Waals surface area contributed by atoms with E-state index in [1.54, 1.807) is 0 Å². The molecule has 0 aromatic heterocycles. The van der Waals surface area contributed by atoms with E-state index < -0.39 is 0 Å². The van der Waals surface area contributed by atoms with Gasteiger partial charge in [-0.3, -0.25) is 4.79 Å². The summed E-state index contributed by atoms with van der Waals surface area (Å²) in [7, 11) is 4.02. The van der Waals surface area contributed by atoms with Crippen molar-refractivity contribution in [1.82, 2.24) is 9.80 Å². The van der Waals surface area contributed by atoms with Crippen LogP contribution >= 0.6 is 24.8 Å². The van der Waals surface area contributed by atoms with Crippen LogP contribution in [0.4, 0.5) is 0 Å². The zero-order valence-corrected chi connectivity index (χ0v) is 14.6. The van der Waals surface area contributed by atoms with E-state index in [4.69, 9.17) is 10.5 Å².